The van der Waals surface area contributed by atoms with Gasteiger partial charge in [-0.2, -0.15) is 0 Å². The Kier molecular flexibility index (Phi) is 5.92. The first-order valence-corrected chi connectivity index (χ1v) is 7.10. The molecule has 1 aliphatic heterocycles. The summed E-state index contributed by atoms with van der Waals surface area (Å²) in [5.41, 5.74) is 1.41. The normalized spacial score (nSPS) is 19.5. The molecule has 1 aromatic carbocycles. The molecule has 0 saturated carbocycles. The molecule has 2 rings (SSSR count). The minimum atomic E-state index is 0.632. The fourth-order valence-corrected chi connectivity index (χ4v) is 2.53. The summed E-state index contributed by atoms with van der Waals surface area (Å²) in [6.07, 6.45) is 3.80. The molecule has 1 atom stereocenters. The van der Waals surface area contributed by atoms with Crippen LogP contribution in [-0.4, -0.2) is 37.2 Å². The van der Waals surface area contributed by atoms with E-state index in [1.54, 1.807) is 0 Å². The topological polar surface area (TPSA) is 24.5 Å². The molecule has 1 heterocycles. The van der Waals surface area contributed by atoms with Gasteiger partial charge in [-0.3, -0.25) is 4.90 Å². The lowest BCUT2D eigenvalue weighted by atomic mass is 10.2. The van der Waals surface area contributed by atoms with Crippen molar-refractivity contribution in [3.8, 4) is 0 Å². The summed E-state index contributed by atoms with van der Waals surface area (Å²) in [6, 6.07) is 11.3. The smallest absolute Gasteiger partial charge is 0.0885 e. The molecule has 19 heavy (non-hydrogen) atoms. The molecule has 1 fully saturated rings. The van der Waals surface area contributed by atoms with Crippen LogP contribution in [0.2, 0.25) is 0 Å². The molecule has 0 aromatic heterocycles. The molecule has 104 valence electrons. The van der Waals surface area contributed by atoms with Crippen molar-refractivity contribution in [1.29, 1.82) is 0 Å². The number of benzene rings is 1. The van der Waals surface area contributed by atoms with E-state index in [0.29, 0.717) is 6.04 Å². The molecular weight excluding hydrogens is 236 g/mol. The molecule has 0 radical (unpaired) electrons. The number of ether oxygens (including phenoxy) is 1. The summed E-state index contributed by atoms with van der Waals surface area (Å²) in [7, 11) is 0. The van der Waals surface area contributed by atoms with E-state index >= 15 is 0 Å². The monoisotopic (exact) mass is 260 g/mol. The van der Waals surface area contributed by atoms with Crippen LogP contribution in [0.5, 0.6) is 0 Å². The SMILES string of the molecule is C=COCCCNC1CCN(Cc2ccccc2)C1. The van der Waals surface area contributed by atoms with Crippen molar-refractivity contribution in [3.63, 3.8) is 0 Å². The van der Waals surface area contributed by atoms with Crippen LogP contribution in [0.1, 0.15) is 18.4 Å². The van der Waals surface area contributed by atoms with Crippen LogP contribution >= 0.6 is 0 Å². The van der Waals surface area contributed by atoms with E-state index in [2.05, 4.69) is 47.1 Å². The van der Waals surface area contributed by atoms with Crippen molar-refractivity contribution in [2.75, 3.05) is 26.2 Å². The first-order valence-electron chi connectivity index (χ1n) is 7.10. The highest BCUT2D eigenvalue weighted by atomic mass is 16.5. The molecule has 0 spiro atoms. The Hall–Kier alpha value is -1.32. The predicted octanol–water partition coefficient (Wildman–Crippen LogP) is 2.40. The van der Waals surface area contributed by atoms with Gasteiger partial charge in [0, 0.05) is 25.7 Å². The fraction of sp³-hybridized carbons (Fsp3) is 0.500. The van der Waals surface area contributed by atoms with Crippen LogP contribution in [0.4, 0.5) is 0 Å². The van der Waals surface area contributed by atoms with Gasteiger partial charge >= 0.3 is 0 Å². The van der Waals surface area contributed by atoms with Crippen molar-refractivity contribution in [2.45, 2.75) is 25.4 Å². The molecular formula is C16H24N2O. The second kappa shape index (κ2) is 7.97. The Morgan fingerprint density at radius 2 is 2.21 bits per heavy atom. The van der Waals surface area contributed by atoms with Gasteiger partial charge in [0.15, 0.2) is 0 Å². The molecule has 0 aliphatic carbocycles. The summed E-state index contributed by atoms with van der Waals surface area (Å²) >= 11 is 0. The van der Waals surface area contributed by atoms with Crippen molar-refractivity contribution in [1.82, 2.24) is 10.2 Å². The Morgan fingerprint density at radius 1 is 1.37 bits per heavy atom. The lowest BCUT2D eigenvalue weighted by molar-refractivity contribution is 0.242. The number of hydrogen-bond donors (Lipinski definition) is 1. The average molecular weight is 260 g/mol. The third-order valence-electron chi connectivity index (χ3n) is 3.51. The minimum Gasteiger partial charge on any atom is -0.502 e. The molecule has 1 aromatic rings. The van der Waals surface area contributed by atoms with Crippen molar-refractivity contribution in [2.24, 2.45) is 0 Å². The zero-order valence-corrected chi connectivity index (χ0v) is 11.6. The molecule has 3 nitrogen and oxygen atoms in total. The van der Waals surface area contributed by atoms with Gasteiger partial charge in [0.1, 0.15) is 0 Å². The van der Waals surface area contributed by atoms with Crippen LogP contribution < -0.4 is 5.32 Å². The maximum Gasteiger partial charge on any atom is 0.0885 e. The van der Waals surface area contributed by atoms with Crippen LogP contribution in [-0.2, 0) is 11.3 Å². The second-order valence-electron chi connectivity index (χ2n) is 5.05. The lowest BCUT2D eigenvalue weighted by Gasteiger charge is -2.16. The van der Waals surface area contributed by atoms with Crippen LogP contribution in [0, 0.1) is 0 Å². The summed E-state index contributed by atoms with van der Waals surface area (Å²) in [5.74, 6) is 0. The van der Waals surface area contributed by atoms with E-state index in [0.717, 1.165) is 32.7 Å². The third-order valence-corrected chi connectivity index (χ3v) is 3.51. The highest BCUT2D eigenvalue weighted by Gasteiger charge is 2.21. The van der Waals surface area contributed by atoms with Crippen molar-refractivity contribution >= 4 is 0 Å². The summed E-state index contributed by atoms with van der Waals surface area (Å²) in [4.78, 5) is 2.52. The van der Waals surface area contributed by atoms with E-state index in [-0.39, 0.29) is 0 Å². The maximum atomic E-state index is 5.11. The zero-order valence-electron chi connectivity index (χ0n) is 11.6. The van der Waals surface area contributed by atoms with E-state index < -0.39 is 0 Å². The Morgan fingerprint density at radius 3 is 3.00 bits per heavy atom. The van der Waals surface area contributed by atoms with Gasteiger partial charge in [-0.25, -0.2) is 0 Å². The number of likely N-dealkylation sites (tertiary alicyclic amines) is 1. The first-order chi connectivity index (χ1) is 9.38. The molecule has 0 bridgehead atoms. The van der Waals surface area contributed by atoms with E-state index in [9.17, 15) is 0 Å². The third kappa shape index (κ3) is 5.05. The zero-order chi connectivity index (χ0) is 13.3. The maximum absolute atomic E-state index is 5.11. The van der Waals surface area contributed by atoms with E-state index in [1.165, 1.54) is 24.8 Å². The molecule has 1 N–H and O–H groups in total. The quantitative estimate of drug-likeness (QED) is 0.574. The Labute approximate surface area is 116 Å². The van der Waals surface area contributed by atoms with Crippen molar-refractivity contribution < 1.29 is 4.74 Å². The second-order valence-corrected chi connectivity index (χ2v) is 5.05. The van der Waals surface area contributed by atoms with Gasteiger partial charge in [-0.15, -0.1) is 0 Å². The van der Waals surface area contributed by atoms with Gasteiger partial charge in [0.2, 0.25) is 0 Å². The predicted molar refractivity (Wildman–Crippen MR) is 78.9 cm³/mol. The number of hydrogen-bond acceptors (Lipinski definition) is 3. The largest absolute Gasteiger partial charge is 0.502 e. The summed E-state index contributed by atoms with van der Waals surface area (Å²) in [6.45, 7) is 8.73. The summed E-state index contributed by atoms with van der Waals surface area (Å²) in [5, 5.41) is 3.60. The Balaban J connectivity index is 1.62. The van der Waals surface area contributed by atoms with Crippen LogP contribution in [0.15, 0.2) is 43.2 Å². The highest BCUT2D eigenvalue weighted by Crippen LogP contribution is 2.13. The van der Waals surface area contributed by atoms with Gasteiger partial charge < -0.3 is 10.1 Å². The van der Waals surface area contributed by atoms with Gasteiger partial charge in [0.25, 0.3) is 0 Å². The number of nitrogens with zero attached hydrogens (tertiary/aromatic N) is 1. The molecule has 0 amide bonds. The molecule has 3 heteroatoms. The first kappa shape index (κ1) is 14.1. The molecule has 1 aliphatic rings. The number of rotatable bonds is 8. The highest BCUT2D eigenvalue weighted by molar-refractivity contribution is 5.14. The van der Waals surface area contributed by atoms with Gasteiger partial charge in [0.05, 0.1) is 12.9 Å². The fourth-order valence-electron chi connectivity index (χ4n) is 2.53. The van der Waals surface area contributed by atoms with E-state index in [4.69, 9.17) is 4.74 Å². The minimum absolute atomic E-state index is 0.632. The van der Waals surface area contributed by atoms with Crippen LogP contribution in [0.3, 0.4) is 0 Å². The van der Waals surface area contributed by atoms with Crippen LogP contribution in [0.25, 0.3) is 0 Å². The van der Waals surface area contributed by atoms with E-state index in [1.807, 2.05) is 0 Å². The molecule has 1 unspecified atom stereocenters. The average Bonchev–Trinajstić information content (AvgIpc) is 2.87. The number of nitrogens with one attached hydrogen (secondary N) is 1. The summed E-state index contributed by atoms with van der Waals surface area (Å²) < 4.78 is 5.11. The standard InChI is InChI=1S/C16H24N2O/c1-2-19-12-6-10-17-16-9-11-18(14-16)13-15-7-4-3-5-8-15/h2-5,7-8,16-17H,1,6,9-14H2. The molecule has 1 saturated heterocycles. The Bertz CT molecular complexity index is 366. The van der Waals surface area contributed by atoms with Crippen molar-refractivity contribution in [3.05, 3.63) is 48.7 Å². The van der Waals surface area contributed by atoms with Gasteiger partial charge in [-0.1, -0.05) is 36.9 Å². The van der Waals surface area contributed by atoms with Gasteiger partial charge in [-0.05, 0) is 24.9 Å². The lowest BCUT2D eigenvalue weighted by Crippen LogP contribution is -2.33.